The number of hydrogen-bond donors (Lipinski definition) is 1. The third-order valence-electron chi connectivity index (χ3n) is 6.13. The van der Waals surface area contributed by atoms with E-state index in [4.69, 9.17) is 5.73 Å². The van der Waals surface area contributed by atoms with Gasteiger partial charge < -0.3 is 5.73 Å². The Hall–Kier alpha value is -3.28. The van der Waals surface area contributed by atoms with E-state index in [1.807, 2.05) is 18.2 Å². The molecule has 5 heteroatoms. The smallest absolute Gasteiger partial charge is 0.255 e. The van der Waals surface area contributed by atoms with Crippen molar-refractivity contribution in [3.8, 4) is 0 Å². The van der Waals surface area contributed by atoms with E-state index in [1.54, 1.807) is 6.92 Å². The van der Waals surface area contributed by atoms with Crippen molar-refractivity contribution in [2.24, 2.45) is 5.73 Å². The Morgan fingerprint density at radius 1 is 0.710 bits per heavy atom. The molecule has 1 heterocycles. The Kier molecular flexibility index (Phi) is 5.72. The van der Waals surface area contributed by atoms with E-state index in [9.17, 15) is 9.59 Å². The van der Waals surface area contributed by atoms with E-state index in [-0.39, 0.29) is 11.8 Å². The van der Waals surface area contributed by atoms with Gasteiger partial charge in [0.1, 0.15) is 8.07 Å². The predicted octanol–water partition coefficient (Wildman–Crippen LogP) is 2.15. The van der Waals surface area contributed by atoms with Crippen LogP contribution in [0.2, 0.25) is 6.04 Å². The lowest BCUT2D eigenvalue weighted by atomic mass is 10.1. The highest BCUT2D eigenvalue weighted by molar-refractivity contribution is 7.11. The summed E-state index contributed by atoms with van der Waals surface area (Å²) in [6, 6.07) is 32.4. The van der Waals surface area contributed by atoms with Gasteiger partial charge in [0.15, 0.2) is 0 Å². The minimum Gasteiger partial charge on any atom is -0.308 e. The van der Waals surface area contributed by atoms with Crippen molar-refractivity contribution in [2.75, 3.05) is 0 Å². The van der Waals surface area contributed by atoms with Gasteiger partial charge in [-0.05, 0) is 34.9 Å². The van der Waals surface area contributed by atoms with E-state index in [1.165, 1.54) is 32.6 Å². The zero-order valence-electron chi connectivity index (χ0n) is 17.6. The largest absolute Gasteiger partial charge is 0.308 e. The van der Waals surface area contributed by atoms with Crippen LogP contribution in [0.4, 0.5) is 0 Å². The Morgan fingerprint density at radius 3 is 1.42 bits per heavy atom. The van der Waals surface area contributed by atoms with Crippen LogP contribution in [0.25, 0.3) is 0 Å². The van der Waals surface area contributed by atoms with Crippen LogP contribution >= 0.6 is 0 Å². The van der Waals surface area contributed by atoms with Crippen molar-refractivity contribution >= 4 is 35.4 Å². The Labute approximate surface area is 184 Å². The molecule has 156 valence electrons. The minimum absolute atomic E-state index is 0.346. The van der Waals surface area contributed by atoms with E-state index in [0.717, 1.165) is 6.04 Å². The lowest BCUT2D eigenvalue weighted by Gasteiger charge is -2.39. The molecule has 1 unspecified atom stereocenters. The maximum atomic E-state index is 12.3. The van der Waals surface area contributed by atoms with Crippen molar-refractivity contribution < 1.29 is 9.59 Å². The lowest BCUT2D eigenvalue weighted by molar-refractivity contribution is -0.143. The zero-order chi connectivity index (χ0) is 21.9. The molecule has 4 rings (SSSR count). The van der Waals surface area contributed by atoms with Crippen LogP contribution < -0.4 is 21.3 Å². The van der Waals surface area contributed by atoms with Gasteiger partial charge in [-0.2, -0.15) is 0 Å². The summed E-state index contributed by atoms with van der Waals surface area (Å²) in [7, 11) is -2.48. The molecule has 4 nitrogen and oxygen atoms in total. The van der Waals surface area contributed by atoms with E-state index >= 15 is 0 Å². The third-order valence-corrected chi connectivity index (χ3v) is 11.1. The Morgan fingerprint density at radius 2 is 1.06 bits per heavy atom. The fraction of sp³-hybridized carbons (Fsp3) is 0.154. The Balaban J connectivity index is 1.83. The van der Waals surface area contributed by atoms with Gasteiger partial charge >= 0.3 is 0 Å². The maximum absolute atomic E-state index is 12.3. The van der Waals surface area contributed by atoms with Crippen LogP contribution in [0, 0.1) is 0 Å². The monoisotopic (exact) mass is 426 g/mol. The molecule has 0 aliphatic carbocycles. The number of benzene rings is 3. The first-order valence-electron chi connectivity index (χ1n) is 10.5. The van der Waals surface area contributed by atoms with Crippen LogP contribution in [0.5, 0.6) is 0 Å². The van der Waals surface area contributed by atoms with Crippen molar-refractivity contribution in [1.29, 1.82) is 0 Å². The summed E-state index contributed by atoms with van der Waals surface area (Å²) in [5.74, 6) is -0.692. The maximum Gasteiger partial charge on any atom is 0.255 e. The molecule has 3 aromatic rings. The highest BCUT2D eigenvalue weighted by Crippen LogP contribution is 2.25. The predicted molar refractivity (Wildman–Crippen MR) is 127 cm³/mol. The molecule has 1 aliphatic rings. The molecular weight excluding hydrogens is 400 g/mol. The zero-order valence-corrected chi connectivity index (χ0v) is 18.6. The van der Waals surface area contributed by atoms with Gasteiger partial charge in [0.05, 0.1) is 5.66 Å². The molecule has 0 saturated carbocycles. The second-order valence-electron chi connectivity index (χ2n) is 8.21. The molecule has 0 fully saturated rings. The van der Waals surface area contributed by atoms with Gasteiger partial charge in [-0.25, -0.2) is 0 Å². The van der Waals surface area contributed by atoms with Gasteiger partial charge in [0.2, 0.25) is 0 Å². The SMILES string of the molecule is CC(N)(CC[Si](c1ccccc1)(c1ccccc1)c1ccccc1)N1C(=O)C=CC1=O. The van der Waals surface area contributed by atoms with Crippen molar-refractivity contribution in [3.05, 3.63) is 103 Å². The van der Waals surface area contributed by atoms with E-state index in [2.05, 4.69) is 72.8 Å². The summed E-state index contributed by atoms with van der Waals surface area (Å²) >= 11 is 0. The summed E-state index contributed by atoms with van der Waals surface area (Å²) in [4.78, 5) is 25.8. The number of carbonyl (C=O) groups excluding carboxylic acids is 2. The van der Waals surface area contributed by atoms with E-state index < -0.39 is 13.7 Å². The first-order valence-corrected chi connectivity index (χ1v) is 12.7. The standard InChI is InChI=1S/C26H26N2O2Si/c1-26(27,28-24(29)17-18-25(28)30)19-20-31(21-11-5-2-6-12-21,22-13-7-3-8-14-22)23-15-9-4-10-16-23/h2-18H,19-20,27H2,1H3. The summed E-state index contributed by atoms with van der Waals surface area (Å²) in [6.07, 6.45) is 3.09. The molecule has 1 aliphatic heterocycles. The van der Waals surface area contributed by atoms with Gasteiger partial charge in [-0.3, -0.25) is 14.5 Å². The van der Waals surface area contributed by atoms with Gasteiger partial charge in [0.25, 0.3) is 11.8 Å². The van der Waals surface area contributed by atoms with Crippen LogP contribution in [0.15, 0.2) is 103 Å². The fourth-order valence-electron chi connectivity index (χ4n) is 4.56. The number of carbonyl (C=O) groups is 2. The van der Waals surface area contributed by atoms with Gasteiger partial charge in [-0.15, -0.1) is 0 Å². The second-order valence-corrected chi connectivity index (χ2v) is 12.2. The molecule has 1 atom stereocenters. The molecule has 0 radical (unpaired) electrons. The van der Waals surface area contributed by atoms with E-state index in [0.29, 0.717) is 6.42 Å². The minimum atomic E-state index is -2.48. The van der Waals surface area contributed by atoms with Crippen molar-refractivity contribution in [1.82, 2.24) is 4.90 Å². The summed E-state index contributed by atoms with van der Waals surface area (Å²) in [5, 5.41) is 3.83. The molecule has 0 aromatic heterocycles. The summed E-state index contributed by atoms with van der Waals surface area (Å²) in [5.41, 5.74) is 5.54. The second kappa shape index (κ2) is 8.45. The fourth-order valence-corrected chi connectivity index (χ4v) is 9.59. The number of rotatable bonds is 7. The molecule has 31 heavy (non-hydrogen) atoms. The lowest BCUT2D eigenvalue weighted by Crippen LogP contribution is -2.68. The Bertz CT molecular complexity index is 981. The van der Waals surface area contributed by atoms with Crippen LogP contribution in [0.1, 0.15) is 13.3 Å². The van der Waals surface area contributed by atoms with Crippen molar-refractivity contribution in [3.63, 3.8) is 0 Å². The van der Waals surface area contributed by atoms with Crippen LogP contribution in [-0.4, -0.2) is 30.5 Å². The normalized spacial score (nSPS) is 15.9. The number of nitrogens with two attached hydrogens (primary N) is 1. The average Bonchev–Trinajstić information content (AvgIpc) is 3.15. The first-order chi connectivity index (χ1) is 14.9. The van der Waals surface area contributed by atoms with Crippen molar-refractivity contribution in [2.45, 2.75) is 25.1 Å². The average molecular weight is 427 g/mol. The highest BCUT2D eigenvalue weighted by atomic mass is 28.3. The van der Waals surface area contributed by atoms with Gasteiger partial charge in [-0.1, -0.05) is 91.0 Å². The molecule has 2 amide bonds. The topological polar surface area (TPSA) is 63.4 Å². The molecule has 0 saturated heterocycles. The third kappa shape index (κ3) is 3.90. The van der Waals surface area contributed by atoms with Crippen LogP contribution in [-0.2, 0) is 9.59 Å². The number of hydrogen-bond acceptors (Lipinski definition) is 3. The quantitative estimate of drug-likeness (QED) is 0.358. The number of amides is 2. The molecule has 0 spiro atoms. The number of nitrogens with zero attached hydrogens (tertiary/aromatic N) is 1. The summed E-state index contributed by atoms with van der Waals surface area (Å²) in [6.45, 7) is 1.77. The molecule has 2 N–H and O–H groups in total. The molecule has 3 aromatic carbocycles. The van der Waals surface area contributed by atoms with Crippen LogP contribution in [0.3, 0.4) is 0 Å². The number of imide groups is 1. The molecular formula is C26H26N2O2Si. The first kappa shape index (κ1) is 21.0. The van der Waals surface area contributed by atoms with Gasteiger partial charge in [0, 0.05) is 12.2 Å². The summed E-state index contributed by atoms with van der Waals surface area (Å²) < 4.78 is 0. The highest BCUT2D eigenvalue weighted by Gasteiger charge is 2.44. The molecule has 0 bridgehead atoms.